The molecule has 8 unspecified atom stereocenters. The number of rotatable bonds is 40. The van der Waals surface area contributed by atoms with Crippen LogP contribution in [0.25, 0.3) is 0 Å². The topological polar surface area (TPSA) is 240 Å². The molecule has 0 aromatic heterocycles. The lowest BCUT2D eigenvalue weighted by Crippen LogP contribution is -2.63. The molecule has 488 valence electrons. The molecule has 8 atom stereocenters. The molecule has 0 rings (SSSR count). The minimum atomic E-state index is -1.99. The van der Waals surface area contributed by atoms with Gasteiger partial charge >= 0.3 is 0 Å². The maximum atomic E-state index is 6.99. The van der Waals surface area contributed by atoms with Crippen molar-refractivity contribution in [1.82, 2.24) is 0 Å². The minimum Gasteiger partial charge on any atom is -0.379 e. The molecule has 0 N–H and O–H groups in total. The molecule has 0 radical (unpaired) electrons. The number of hydrogen-bond acceptors (Lipinski definition) is 26. The van der Waals surface area contributed by atoms with E-state index >= 15 is 0 Å². The van der Waals surface area contributed by atoms with E-state index in [-0.39, 0.29) is 0 Å². The molecule has 26 heteroatoms. The fourth-order valence-corrected chi connectivity index (χ4v) is 6.67. The minimum absolute atomic E-state index is 0.560. The first-order valence-electron chi connectivity index (χ1n) is 26.9. The van der Waals surface area contributed by atoms with Crippen LogP contribution in [0.1, 0.15) is 166 Å². The Balaban J connectivity index is 9.23. The van der Waals surface area contributed by atoms with Gasteiger partial charge in [0.05, 0.1) is 71.2 Å². The summed E-state index contributed by atoms with van der Waals surface area (Å²) in [4.78, 5) is 97.0. The molecular weight excluding hydrogens is 1080 g/mol. The van der Waals surface area contributed by atoms with Crippen molar-refractivity contribution in [3.05, 3.63) is 0 Å². The Morgan fingerprint density at radius 1 is 0.198 bits per heavy atom. The number of hydrogen-bond donors (Lipinski definition) is 0. The smallest absolute Gasteiger partial charge is 0.209 e. The van der Waals surface area contributed by atoms with E-state index in [0.717, 1.165) is 0 Å². The first-order chi connectivity index (χ1) is 36.7. The first kappa shape index (κ1) is 80.0. The summed E-state index contributed by atoms with van der Waals surface area (Å²) >= 11 is 0. The molecule has 0 saturated heterocycles. The Morgan fingerprint density at radius 3 is 0.457 bits per heavy atom. The summed E-state index contributed by atoms with van der Waals surface area (Å²) < 4.78 is 63.1. The van der Waals surface area contributed by atoms with Gasteiger partial charge in [-0.1, -0.05) is 0 Å². The van der Waals surface area contributed by atoms with Crippen LogP contribution >= 0.6 is 0 Å². The van der Waals surface area contributed by atoms with Crippen LogP contribution in [-0.4, -0.2) is 178 Å². The summed E-state index contributed by atoms with van der Waals surface area (Å²) in [6, 6.07) is 0. The molecule has 0 spiro atoms. The Hall–Kier alpha value is -1.04. The van der Waals surface area contributed by atoms with Crippen LogP contribution in [0, 0.1) is 16.2 Å². The maximum Gasteiger partial charge on any atom is 0.209 e. The van der Waals surface area contributed by atoms with Gasteiger partial charge < -0.3 is 47.4 Å². The summed E-state index contributed by atoms with van der Waals surface area (Å²) in [6.07, 6.45) is -12.5. The van der Waals surface area contributed by atoms with Gasteiger partial charge in [-0.3, -0.25) is 0 Å². The molecule has 0 aliphatic carbocycles. The summed E-state index contributed by atoms with van der Waals surface area (Å²) in [5.74, 6) is 0. The third-order valence-corrected chi connectivity index (χ3v) is 9.81. The van der Waals surface area contributed by atoms with Crippen molar-refractivity contribution in [2.45, 2.75) is 261 Å². The summed E-state index contributed by atoms with van der Waals surface area (Å²) in [7, 11) is 10.9. The van der Waals surface area contributed by atoms with E-state index in [1.54, 1.807) is 166 Å². The zero-order valence-electron chi connectivity index (χ0n) is 55.6. The molecule has 0 fully saturated rings. The average molecular weight is 1190 g/mol. The van der Waals surface area contributed by atoms with E-state index < -0.39 is 138 Å². The van der Waals surface area contributed by atoms with Crippen LogP contribution in [0.4, 0.5) is 0 Å². The van der Waals surface area contributed by atoms with E-state index in [9.17, 15) is 0 Å². The van der Waals surface area contributed by atoms with Crippen LogP contribution in [0.2, 0.25) is 0 Å². The Labute approximate surface area is 485 Å². The molecule has 0 amide bonds. The number of ether oxygens (including phenoxy) is 10. The third-order valence-electron chi connectivity index (χ3n) is 9.81. The van der Waals surface area contributed by atoms with Crippen molar-refractivity contribution in [3.63, 3.8) is 0 Å². The molecule has 0 saturated carbocycles. The van der Waals surface area contributed by atoms with Gasteiger partial charge in [0, 0.05) is 56.9 Å². The van der Waals surface area contributed by atoms with E-state index in [1.165, 1.54) is 56.9 Å². The van der Waals surface area contributed by atoms with Crippen molar-refractivity contribution in [2.24, 2.45) is 16.2 Å². The largest absolute Gasteiger partial charge is 0.379 e. The van der Waals surface area contributed by atoms with Gasteiger partial charge in [-0.15, -0.1) is 0 Å². The van der Waals surface area contributed by atoms with Gasteiger partial charge in [-0.2, -0.15) is 0 Å². The normalized spacial score (nSPS) is 19.3. The van der Waals surface area contributed by atoms with Crippen molar-refractivity contribution in [1.29, 1.82) is 0 Å². The molecule has 0 aliphatic rings. The third kappa shape index (κ3) is 29.0. The molecule has 0 aliphatic heterocycles. The van der Waals surface area contributed by atoms with Crippen LogP contribution in [0.5, 0.6) is 0 Å². The lowest BCUT2D eigenvalue weighted by molar-refractivity contribution is -0.528. The van der Waals surface area contributed by atoms with Crippen molar-refractivity contribution in [3.8, 4) is 0 Å². The lowest BCUT2D eigenvalue weighted by Gasteiger charge is -2.48. The molecule has 81 heavy (non-hydrogen) atoms. The predicted molar refractivity (Wildman–Crippen MR) is 291 cm³/mol. The first-order valence-corrected chi connectivity index (χ1v) is 26.9. The second-order valence-corrected chi connectivity index (χ2v) is 27.3. The van der Waals surface area contributed by atoms with Gasteiger partial charge in [0.15, 0.2) is 10.8 Å². The highest BCUT2D eigenvalue weighted by atomic mass is 17.3. The monoisotopic (exact) mass is 1190 g/mol. The second-order valence-electron chi connectivity index (χ2n) is 27.3. The van der Waals surface area contributed by atoms with E-state index in [2.05, 4.69) is 0 Å². The molecular formula is C55H112O26. The van der Waals surface area contributed by atoms with Gasteiger partial charge in [-0.05, 0) is 166 Å². The van der Waals surface area contributed by atoms with E-state index in [1.807, 2.05) is 0 Å². The fourth-order valence-electron chi connectivity index (χ4n) is 6.67. The quantitative estimate of drug-likeness (QED) is 0.0315. The maximum absolute atomic E-state index is 6.99. The predicted octanol–water partition coefficient (Wildman–Crippen LogP) is 9.73. The SMILES string of the molecule is COC(OOC(C)(C)C)C(COCC(C(OC)OOC(C)(C)C)(C(OC)OOC(C)(C)C)C(OC)OOC(C)(C)C)(COCC(C(OC)OOC(C)(C)C)(C(OC)OOC(C)(C)C)C(OC)OOC(C)(C)C)C(OC)OOC(C)(C)C. The van der Waals surface area contributed by atoms with Gasteiger partial charge in [0.1, 0.15) is 5.41 Å². The summed E-state index contributed by atoms with van der Waals surface area (Å²) in [6.45, 7) is 40.2. The summed E-state index contributed by atoms with van der Waals surface area (Å²) in [5.41, 5.74) is -13.2. The molecule has 26 nitrogen and oxygen atoms in total. The Kier molecular flexibility index (Phi) is 33.5. The second kappa shape index (κ2) is 33.9. The Morgan fingerprint density at radius 2 is 0.333 bits per heavy atom. The number of methoxy groups -OCH3 is 8. The zero-order valence-corrected chi connectivity index (χ0v) is 55.6. The van der Waals surface area contributed by atoms with Crippen molar-refractivity contribution in [2.75, 3.05) is 83.3 Å². The fraction of sp³-hybridized carbons (Fsp3) is 1.00. The molecule has 0 aromatic rings. The Bertz CT molecular complexity index is 1400. The molecule has 0 bridgehead atoms. The highest BCUT2D eigenvalue weighted by molar-refractivity contribution is 4.95. The van der Waals surface area contributed by atoms with Crippen LogP contribution in [0.3, 0.4) is 0 Å². The highest BCUT2D eigenvalue weighted by Crippen LogP contribution is 2.45. The highest BCUT2D eigenvalue weighted by Gasteiger charge is 2.63. The van der Waals surface area contributed by atoms with Gasteiger partial charge in [0.2, 0.25) is 50.3 Å². The zero-order chi connectivity index (χ0) is 63.3. The molecule has 0 aromatic carbocycles. The molecule has 0 heterocycles. The van der Waals surface area contributed by atoms with Gasteiger partial charge in [-0.25, -0.2) is 78.2 Å². The van der Waals surface area contributed by atoms with Gasteiger partial charge in [0.25, 0.3) is 0 Å². The van der Waals surface area contributed by atoms with Crippen LogP contribution in [-0.2, 0) is 126 Å². The van der Waals surface area contributed by atoms with E-state index in [4.69, 9.17) is 126 Å². The van der Waals surface area contributed by atoms with Crippen molar-refractivity contribution >= 4 is 0 Å². The summed E-state index contributed by atoms with van der Waals surface area (Å²) in [5, 5.41) is 0. The standard InChI is InChI=1S/C55H112O26/c1-45(2,3)74-66-37(56-25)53(38(57-26)67-75-46(4,5)6,33-64-35-54(39(58-27)68-76-47(7,8)9,40(59-28)69-77-48(10,11)12)41(60-29)70-78-49(13,14)15)34-65-36-55(42(61-30)71-79-50(16,17)18,43(62-31)72-80-51(19,20)21)44(63-32)73-81-52(22,23)24/h37-44H,33-36H2,1-32H3. The van der Waals surface area contributed by atoms with E-state index in [0.29, 0.717) is 0 Å². The van der Waals surface area contributed by atoms with Crippen molar-refractivity contribution < 1.29 is 126 Å². The van der Waals surface area contributed by atoms with Crippen LogP contribution < -0.4 is 0 Å². The van der Waals surface area contributed by atoms with Crippen LogP contribution in [0.15, 0.2) is 0 Å². The average Bonchev–Trinajstić information content (AvgIpc) is 3.29. The lowest BCUT2D eigenvalue weighted by atomic mass is 9.84.